The Morgan fingerprint density at radius 1 is 1.26 bits per heavy atom. The standard InChI is InChI=1S/C16H22N2S/c1-3-17-11-15(14-7-5-4-6-8-14)9-10-16-13(2)18-12-19-16/h4-8,12,15,17H,3,9-11H2,1-2H3. The lowest BCUT2D eigenvalue weighted by atomic mass is 9.93. The average molecular weight is 274 g/mol. The maximum atomic E-state index is 4.33. The van der Waals surface area contributed by atoms with Crippen molar-refractivity contribution in [3.63, 3.8) is 0 Å². The molecule has 0 bridgehead atoms. The highest BCUT2D eigenvalue weighted by Crippen LogP contribution is 2.23. The van der Waals surface area contributed by atoms with Gasteiger partial charge in [-0.15, -0.1) is 11.3 Å². The Bertz CT molecular complexity index is 479. The zero-order chi connectivity index (χ0) is 13.5. The fourth-order valence-electron chi connectivity index (χ4n) is 2.30. The molecular formula is C16H22N2S. The van der Waals surface area contributed by atoms with Crippen molar-refractivity contribution in [3.8, 4) is 0 Å². The summed E-state index contributed by atoms with van der Waals surface area (Å²) in [6.45, 7) is 6.35. The molecule has 2 nitrogen and oxygen atoms in total. The minimum absolute atomic E-state index is 0.586. The van der Waals surface area contributed by atoms with Crippen LogP contribution >= 0.6 is 11.3 Å². The highest BCUT2D eigenvalue weighted by molar-refractivity contribution is 7.09. The van der Waals surface area contributed by atoms with Crippen LogP contribution in [0.25, 0.3) is 0 Å². The zero-order valence-electron chi connectivity index (χ0n) is 11.7. The van der Waals surface area contributed by atoms with Crippen LogP contribution in [-0.2, 0) is 6.42 Å². The smallest absolute Gasteiger partial charge is 0.0797 e. The molecule has 0 saturated heterocycles. The van der Waals surface area contributed by atoms with Gasteiger partial charge >= 0.3 is 0 Å². The van der Waals surface area contributed by atoms with Crippen LogP contribution in [0.2, 0.25) is 0 Å². The molecule has 0 spiro atoms. The molecule has 0 aliphatic carbocycles. The van der Waals surface area contributed by atoms with Crippen LogP contribution in [-0.4, -0.2) is 18.1 Å². The maximum Gasteiger partial charge on any atom is 0.0797 e. The van der Waals surface area contributed by atoms with E-state index in [1.165, 1.54) is 22.6 Å². The highest BCUT2D eigenvalue weighted by Gasteiger charge is 2.12. The van der Waals surface area contributed by atoms with Gasteiger partial charge in [-0.2, -0.15) is 0 Å². The molecule has 2 aromatic rings. The van der Waals surface area contributed by atoms with Gasteiger partial charge in [-0.25, -0.2) is 4.98 Å². The Morgan fingerprint density at radius 3 is 2.68 bits per heavy atom. The van der Waals surface area contributed by atoms with E-state index >= 15 is 0 Å². The molecule has 102 valence electrons. The van der Waals surface area contributed by atoms with Crippen LogP contribution < -0.4 is 5.32 Å². The van der Waals surface area contributed by atoms with E-state index in [-0.39, 0.29) is 0 Å². The van der Waals surface area contributed by atoms with Crippen LogP contribution in [0.3, 0.4) is 0 Å². The lowest BCUT2D eigenvalue weighted by Gasteiger charge is -2.17. The number of thiazole rings is 1. The molecule has 0 amide bonds. The Kier molecular flexibility index (Phi) is 5.55. The predicted molar refractivity (Wildman–Crippen MR) is 82.9 cm³/mol. The molecule has 0 saturated carbocycles. The summed E-state index contributed by atoms with van der Waals surface area (Å²) in [7, 11) is 0. The summed E-state index contributed by atoms with van der Waals surface area (Å²) in [5, 5.41) is 3.48. The third kappa shape index (κ3) is 4.15. The largest absolute Gasteiger partial charge is 0.316 e. The van der Waals surface area contributed by atoms with Gasteiger partial charge in [0.1, 0.15) is 0 Å². The molecule has 1 N–H and O–H groups in total. The third-order valence-corrected chi connectivity index (χ3v) is 4.47. The van der Waals surface area contributed by atoms with E-state index in [2.05, 4.69) is 54.5 Å². The summed E-state index contributed by atoms with van der Waals surface area (Å²) in [5.74, 6) is 0.586. The molecule has 1 atom stereocenters. The second-order valence-electron chi connectivity index (χ2n) is 4.81. The Hall–Kier alpha value is -1.19. The Morgan fingerprint density at radius 2 is 2.05 bits per heavy atom. The first kappa shape index (κ1) is 14.2. The van der Waals surface area contributed by atoms with Gasteiger partial charge < -0.3 is 5.32 Å². The first-order valence-corrected chi connectivity index (χ1v) is 7.83. The summed E-state index contributed by atoms with van der Waals surface area (Å²) >= 11 is 1.78. The molecule has 1 aromatic carbocycles. The van der Waals surface area contributed by atoms with Gasteiger partial charge in [0.2, 0.25) is 0 Å². The van der Waals surface area contributed by atoms with Gasteiger partial charge in [-0.3, -0.25) is 0 Å². The van der Waals surface area contributed by atoms with Gasteiger partial charge in [-0.1, -0.05) is 37.3 Å². The van der Waals surface area contributed by atoms with Crippen molar-refractivity contribution in [2.75, 3.05) is 13.1 Å². The molecule has 3 heteroatoms. The van der Waals surface area contributed by atoms with Gasteiger partial charge in [-0.05, 0) is 37.8 Å². The summed E-state index contributed by atoms with van der Waals surface area (Å²) in [6, 6.07) is 10.8. The summed E-state index contributed by atoms with van der Waals surface area (Å²) in [6.07, 6.45) is 2.31. The average Bonchev–Trinajstić information content (AvgIpc) is 2.85. The SMILES string of the molecule is CCNCC(CCc1scnc1C)c1ccccc1. The summed E-state index contributed by atoms with van der Waals surface area (Å²) in [4.78, 5) is 5.76. The van der Waals surface area contributed by atoms with E-state index < -0.39 is 0 Å². The topological polar surface area (TPSA) is 24.9 Å². The molecule has 0 aliphatic rings. The first-order chi connectivity index (χ1) is 9.31. The van der Waals surface area contributed by atoms with E-state index in [1.54, 1.807) is 11.3 Å². The number of rotatable bonds is 7. The van der Waals surface area contributed by atoms with Crippen molar-refractivity contribution in [2.24, 2.45) is 0 Å². The molecule has 1 heterocycles. The predicted octanol–water partition coefficient (Wildman–Crippen LogP) is 3.78. The summed E-state index contributed by atoms with van der Waals surface area (Å²) in [5.41, 5.74) is 4.58. The quantitative estimate of drug-likeness (QED) is 0.831. The minimum Gasteiger partial charge on any atom is -0.316 e. The van der Waals surface area contributed by atoms with Gasteiger partial charge in [0.15, 0.2) is 0 Å². The Labute approximate surface area is 119 Å². The van der Waals surface area contributed by atoms with Crippen LogP contribution in [0.4, 0.5) is 0 Å². The zero-order valence-corrected chi connectivity index (χ0v) is 12.5. The number of hydrogen-bond donors (Lipinski definition) is 1. The lowest BCUT2D eigenvalue weighted by Crippen LogP contribution is -2.21. The number of nitrogens with zero attached hydrogens (tertiary/aromatic N) is 1. The number of benzene rings is 1. The number of nitrogens with one attached hydrogen (secondary N) is 1. The summed E-state index contributed by atoms with van der Waals surface area (Å²) < 4.78 is 0. The maximum absolute atomic E-state index is 4.33. The van der Waals surface area contributed by atoms with Crippen molar-refractivity contribution >= 4 is 11.3 Å². The number of aryl methyl sites for hydroxylation is 2. The number of hydrogen-bond acceptors (Lipinski definition) is 3. The minimum atomic E-state index is 0.586. The van der Waals surface area contributed by atoms with Crippen molar-refractivity contribution in [2.45, 2.75) is 32.6 Å². The number of likely N-dealkylation sites (N-methyl/N-ethyl adjacent to an activating group) is 1. The van der Waals surface area contributed by atoms with E-state index in [4.69, 9.17) is 0 Å². The second kappa shape index (κ2) is 7.41. The third-order valence-electron chi connectivity index (χ3n) is 3.48. The molecule has 0 aliphatic heterocycles. The number of aromatic nitrogens is 1. The van der Waals surface area contributed by atoms with Crippen molar-refractivity contribution < 1.29 is 0 Å². The van der Waals surface area contributed by atoms with Crippen molar-refractivity contribution in [1.82, 2.24) is 10.3 Å². The Balaban J connectivity index is 2.00. The first-order valence-electron chi connectivity index (χ1n) is 6.96. The fraction of sp³-hybridized carbons (Fsp3) is 0.438. The van der Waals surface area contributed by atoms with Gasteiger partial charge in [0.05, 0.1) is 11.2 Å². The molecule has 2 rings (SSSR count). The van der Waals surface area contributed by atoms with E-state index in [0.717, 1.165) is 19.5 Å². The van der Waals surface area contributed by atoms with Crippen LogP contribution in [0, 0.1) is 6.92 Å². The van der Waals surface area contributed by atoms with Gasteiger partial charge in [0.25, 0.3) is 0 Å². The van der Waals surface area contributed by atoms with Crippen LogP contribution in [0.1, 0.15) is 35.4 Å². The molecule has 0 radical (unpaired) electrons. The van der Waals surface area contributed by atoms with Crippen molar-refractivity contribution in [3.05, 3.63) is 52.0 Å². The molecule has 19 heavy (non-hydrogen) atoms. The van der Waals surface area contributed by atoms with Gasteiger partial charge in [0, 0.05) is 11.4 Å². The molecule has 1 unspecified atom stereocenters. The monoisotopic (exact) mass is 274 g/mol. The van der Waals surface area contributed by atoms with E-state index in [9.17, 15) is 0 Å². The lowest BCUT2D eigenvalue weighted by molar-refractivity contribution is 0.563. The normalized spacial score (nSPS) is 12.5. The fourth-order valence-corrected chi connectivity index (χ4v) is 3.10. The molecule has 0 fully saturated rings. The van der Waals surface area contributed by atoms with E-state index in [0.29, 0.717) is 5.92 Å². The van der Waals surface area contributed by atoms with Crippen LogP contribution in [0.5, 0.6) is 0 Å². The van der Waals surface area contributed by atoms with E-state index in [1.807, 2.05) is 5.51 Å². The molecular weight excluding hydrogens is 252 g/mol. The van der Waals surface area contributed by atoms with Crippen LogP contribution in [0.15, 0.2) is 35.8 Å². The second-order valence-corrected chi connectivity index (χ2v) is 5.75. The van der Waals surface area contributed by atoms with Crippen molar-refractivity contribution in [1.29, 1.82) is 0 Å². The highest BCUT2D eigenvalue weighted by atomic mass is 32.1. The molecule has 1 aromatic heterocycles.